The van der Waals surface area contributed by atoms with Crippen LogP contribution >= 0.6 is 0 Å². The average Bonchev–Trinajstić information content (AvgIpc) is 2.67. The maximum absolute atomic E-state index is 12.1. The van der Waals surface area contributed by atoms with Gasteiger partial charge in [-0.3, -0.25) is 9.48 Å². The number of morpholine rings is 1. The number of carboxylic acids is 1. The molecule has 1 fully saturated rings. The van der Waals surface area contributed by atoms with Crippen molar-refractivity contribution < 1.29 is 19.4 Å². The van der Waals surface area contributed by atoms with Crippen molar-refractivity contribution >= 4 is 17.7 Å². The Balaban J connectivity index is 1.95. The van der Waals surface area contributed by atoms with Gasteiger partial charge in [-0.2, -0.15) is 5.10 Å². The summed E-state index contributed by atoms with van der Waals surface area (Å²) in [6.45, 7) is 2.87. The van der Waals surface area contributed by atoms with Gasteiger partial charge in [-0.25, -0.2) is 4.79 Å². The van der Waals surface area contributed by atoms with E-state index >= 15 is 0 Å². The van der Waals surface area contributed by atoms with Crippen LogP contribution in [0.2, 0.25) is 0 Å². The van der Waals surface area contributed by atoms with Crippen LogP contribution in [0.5, 0.6) is 0 Å². The van der Waals surface area contributed by atoms with Crippen LogP contribution < -0.4 is 5.32 Å². The van der Waals surface area contributed by atoms with Crippen LogP contribution in [-0.4, -0.2) is 57.6 Å². The highest BCUT2D eigenvalue weighted by Crippen LogP contribution is 2.14. The molecule has 0 bridgehead atoms. The number of carbonyl (C=O) groups excluding carboxylic acids is 1. The Morgan fingerprint density at radius 1 is 1.60 bits per heavy atom. The molecule has 1 aliphatic rings. The fourth-order valence-electron chi connectivity index (χ4n) is 2.14. The molecule has 0 aromatic carbocycles. The Hall–Kier alpha value is -2.09. The highest BCUT2D eigenvalue weighted by Gasteiger charge is 2.26. The normalized spacial score (nSPS) is 18.9. The maximum Gasteiger partial charge on any atom is 0.322 e. The lowest BCUT2D eigenvalue weighted by Crippen LogP contribution is -2.47. The molecule has 8 heteroatoms. The Bertz CT molecular complexity index is 514. The topological polar surface area (TPSA) is 96.7 Å². The van der Waals surface area contributed by atoms with Crippen molar-refractivity contribution in [3.8, 4) is 0 Å². The summed E-state index contributed by atoms with van der Waals surface area (Å²) in [5, 5.41) is 15.7. The number of rotatable bonds is 3. The molecule has 1 aromatic heterocycles. The summed E-state index contributed by atoms with van der Waals surface area (Å²) in [4.78, 5) is 24.4. The lowest BCUT2D eigenvalue weighted by atomic mass is 10.2. The summed E-state index contributed by atoms with van der Waals surface area (Å²) in [7, 11) is 1.78. The highest BCUT2D eigenvalue weighted by molar-refractivity contribution is 5.89. The molecule has 0 saturated carbocycles. The lowest BCUT2D eigenvalue weighted by Gasteiger charge is -2.32. The van der Waals surface area contributed by atoms with E-state index in [4.69, 9.17) is 9.84 Å². The van der Waals surface area contributed by atoms with Crippen LogP contribution in [0.25, 0.3) is 0 Å². The van der Waals surface area contributed by atoms with E-state index in [1.54, 1.807) is 22.8 Å². The number of aromatic nitrogens is 2. The van der Waals surface area contributed by atoms with E-state index in [0.717, 1.165) is 5.69 Å². The first-order chi connectivity index (χ1) is 9.45. The molecule has 20 heavy (non-hydrogen) atoms. The maximum atomic E-state index is 12.1. The number of urea groups is 1. The summed E-state index contributed by atoms with van der Waals surface area (Å²) in [5.74, 6) is -0.930. The van der Waals surface area contributed by atoms with Gasteiger partial charge in [-0.1, -0.05) is 0 Å². The van der Waals surface area contributed by atoms with Crippen molar-refractivity contribution in [3.05, 3.63) is 11.9 Å². The Morgan fingerprint density at radius 2 is 2.35 bits per heavy atom. The molecule has 1 atom stereocenters. The van der Waals surface area contributed by atoms with E-state index in [2.05, 4.69) is 10.4 Å². The molecule has 8 nitrogen and oxygen atoms in total. The van der Waals surface area contributed by atoms with E-state index in [1.165, 1.54) is 0 Å². The molecule has 1 aliphatic heterocycles. The van der Waals surface area contributed by atoms with Gasteiger partial charge in [0.2, 0.25) is 0 Å². The zero-order valence-electron chi connectivity index (χ0n) is 11.5. The highest BCUT2D eigenvalue weighted by atomic mass is 16.5. The molecule has 2 heterocycles. The second kappa shape index (κ2) is 5.91. The first-order valence-corrected chi connectivity index (χ1v) is 6.35. The predicted molar refractivity (Wildman–Crippen MR) is 70.5 cm³/mol. The van der Waals surface area contributed by atoms with Crippen LogP contribution in [0.3, 0.4) is 0 Å². The smallest absolute Gasteiger partial charge is 0.322 e. The quantitative estimate of drug-likeness (QED) is 0.838. The van der Waals surface area contributed by atoms with Crippen molar-refractivity contribution in [1.82, 2.24) is 14.7 Å². The van der Waals surface area contributed by atoms with Crippen LogP contribution in [0.4, 0.5) is 10.5 Å². The Morgan fingerprint density at radius 3 is 2.95 bits per heavy atom. The standard InChI is InChI=1S/C12H18N4O4/c1-8-10(7-15(2)14-8)13-12(19)16-3-4-20-9(6-16)5-11(17)18/h7,9H,3-6H2,1-2H3,(H,13,19)(H,17,18). The molecular weight excluding hydrogens is 264 g/mol. The third-order valence-electron chi connectivity index (χ3n) is 3.08. The molecule has 2 rings (SSSR count). The first-order valence-electron chi connectivity index (χ1n) is 6.35. The number of carbonyl (C=O) groups is 2. The van der Waals surface area contributed by atoms with Gasteiger partial charge in [0.15, 0.2) is 0 Å². The molecule has 1 aromatic rings. The summed E-state index contributed by atoms with van der Waals surface area (Å²) >= 11 is 0. The summed E-state index contributed by atoms with van der Waals surface area (Å²) in [6, 6.07) is -0.264. The minimum Gasteiger partial charge on any atom is -0.481 e. The number of nitrogens with one attached hydrogen (secondary N) is 1. The molecule has 110 valence electrons. The number of amides is 2. The Labute approximate surface area is 116 Å². The van der Waals surface area contributed by atoms with Gasteiger partial charge in [0.1, 0.15) is 0 Å². The molecule has 0 aliphatic carbocycles. The number of hydrogen-bond donors (Lipinski definition) is 2. The Kier molecular flexibility index (Phi) is 4.23. The molecule has 1 saturated heterocycles. The molecule has 0 radical (unpaired) electrons. The van der Waals surface area contributed by atoms with Crippen LogP contribution in [0, 0.1) is 6.92 Å². The van der Waals surface area contributed by atoms with Crippen molar-refractivity contribution in [2.45, 2.75) is 19.4 Å². The monoisotopic (exact) mass is 282 g/mol. The predicted octanol–water partition coefficient (Wildman–Crippen LogP) is 0.436. The average molecular weight is 282 g/mol. The van der Waals surface area contributed by atoms with Gasteiger partial charge in [-0.05, 0) is 6.92 Å². The molecule has 2 N–H and O–H groups in total. The largest absolute Gasteiger partial charge is 0.481 e. The van der Waals surface area contributed by atoms with Crippen LogP contribution in [-0.2, 0) is 16.6 Å². The van der Waals surface area contributed by atoms with Gasteiger partial charge in [0.05, 0.1) is 30.5 Å². The summed E-state index contributed by atoms with van der Waals surface area (Å²) in [6.07, 6.45) is 1.17. The van der Waals surface area contributed by atoms with Gasteiger partial charge in [-0.15, -0.1) is 0 Å². The van der Waals surface area contributed by atoms with E-state index in [-0.39, 0.29) is 19.0 Å². The summed E-state index contributed by atoms with van der Waals surface area (Å²) in [5.41, 5.74) is 1.38. The third kappa shape index (κ3) is 3.47. The number of aliphatic carboxylic acids is 1. The number of nitrogens with zero attached hydrogens (tertiary/aromatic N) is 3. The van der Waals surface area contributed by atoms with E-state index in [9.17, 15) is 9.59 Å². The number of anilines is 1. The zero-order chi connectivity index (χ0) is 14.7. The van der Waals surface area contributed by atoms with E-state index < -0.39 is 12.1 Å². The number of carboxylic acid groups (broad SMARTS) is 1. The van der Waals surface area contributed by atoms with E-state index in [0.29, 0.717) is 18.8 Å². The lowest BCUT2D eigenvalue weighted by molar-refractivity contribution is -0.141. The van der Waals surface area contributed by atoms with Gasteiger partial charge in [0.25, 0.3) is 0 Å². The molecule has 2 amide bonds. The zero-order valence-corrected chi connectivity index (χ0v) is 11.5. The summed E-state index contributed by atoms with van der Waals surface area (Å²) < 4.78 is 6.95. The SMILES string of the molecule is Cc1nn(C)cc1NC(=O)N1CCOC(CC(=O)O)C1. The minimum atomic E-state index is -0.930. The van der Waals surface area contributed by atoms with Gasteiger partial charge in [0, 0.05) is 26.3 Å². The van der Waals surface area contributed by atoms with Crippen LogP contribution in [0.1, 0.15) is 12.1 Å². The second-order valence-corrected chi connectivity index (χ2v) is 4.77. The van der Waals surface area contributed by atoms with Crippen molar-refractivity contribution in [2.24, 2.45) is 7.05 Å². The molecule has 1 unspecified atom stereocenters. The molecule has 0 spiro atoms. The first kappa shape index (κ1) is 14.3. The second-order valence-electron chi connectivity index (χ2n) is 4.77. The number of aryl methyl sites for hydroxylation is 2. The van der Waals surface area contributed by atoms with Gasteiger partial charge < -0.3 is 20.1 Å². The number of hydrogen-bond acceptors (Lipinski definition) is 4. The van der Waals surface area contributed by atoms with E-state index in [1.807, 2.05) is 6.92 Å². The van der Waals surface area contributed by atoms with Crippen LogP contribution in [0.15, 0.2) is 6.20 Å². The van der Waals surface area contributed by atoms with Crippen molar-refractivity contribution in [3.63, 3.8) is 0 Å². The fraction of sp³-hybridized carbons (Fsp3) is 0.583. The fourth-order valence-corrected chi connectivity index (χ4v) is 2.14. The minimum absolute atomic E-state index is 0.101. The third-order valence-corrected chi connectivity index (χ3v) is 3.08. The van der Waals surface area contributed by atoms with Crippen molar-refractivity contribution in [2.75, 3.05) is 25.0 Å². The molecular formula is C12H18N4O4. The van der Waals surface area contributed by atoms with Crippen molar-refractivity contribution in [1.29, 1.82) is 0 Å². The number of ether oxygens (including phenoxy) is 1. The van der Waals surface area contributed by atoms with Gasteiger partial charge >= 0.3 is 12.0 Å².